The zero-order chi connectivity index (χ0) is 14.4. The molecule has 4 heteroatoms. The quantitative estimate of drug-likeness (QED) is 0.883. The predicted molar refractivity (Wildman–Crippen MR) is 77.0 cm³/mol. The molecule has 1 aromatic carbocycles. The van der Waals surface area contributed by atoms with Crippen molar-refractivity contribution in [1.82, 2.24) is 4.90 Å². The molecule has 0 radical (unpaired) electrons. The maximum absolute atomic E-state index is 11.9. The van der Waals surface area contributed by atoms with Crippen LogP contribution in [0.5, 0.6) is 0 Å². The number of likely N-dealkylation sites (N-methyl/N-ethyl adjacent to an activating group) is 1. The summed E-state index contributed by atoms with van der Waals surface area (Å²) in [4.78, 5) is 13.8. The summed E-state index contributed by atoms with van der Waals surface area (Å²) in [5, 5.41) is 11.5. The summed E-state index contributed by atoms with van der Waals surface area (Å²) in [7, 11) is 1.84. The first-order valence-electron chi connectivity index (χ1n) is 6.37. The van der Waals surface area contributed by atoms with Gasteiger partial charge in [-0.1, -0.05) is 17.7 Å². The average Bonchev–Trinajstić information content (AvgIpc) is 2.31. The number of aryl methyl sites for hydroxylation is 3. The molecule has 0 aliphatic rings. The van der Waals surface area contributed by atoms with Gasteiger partial charge >= 0.3 is 0 Å². The molecule has 0 aliphatic carbocycles. The van der Waals surface area contributed by atoms with Gasteiger partial charge < -0.3 is 5.32 Å². The monoisotopic (exact) mass is 259 g/mol. The second kappa shape index (κ2) is 6.91. The van der Waals surface area contributed by atoms with Crippen molar-refractivity contribution < 1.29 is 4.79 Å². The molecule has 1 rings (SSSR count). The Morgan fingerprint density at radius 3 is 2.42 bits per heavy atom. The average molecular weight is 259 g/mol. The Bertz CT molecular complexity index is 480. The third-order valence-corrected chi connectivity index (χ3v) is 2.96. The number of nitrogens with zero attached hydrogens (tertiary/aromatic N) is 2. The number of rotatable bonds is 5. The van der Waals surface area contributed by atoms with Gasteiger partial charge in [-0.25, -0.2) is 0 Å². The van der Waals surface area contributed by atoms with Gasteiger partial charge in [-0.2, -0.15) is 5.26 Å². The van der Waals surface area contributed by atoms with Crippen molar-refractivity contribution in [2.24, 2.45) is 0 Å². The molecule has 0 heterocycles. The number of hydrogen-bond acceptors (Lipinski definition) is 3. The van der Waals surface area contributed by atoms with Crippen LogP contribution in [-0.4, -0.2) is 30.9 Å². The van der Waals surface area contributed by atoms with Gasteiger partial charge in [-0.05, 0) is 38.9 Å². The fourth-order valence-corrected chi connectivity index (χ4v) is 2.12. The van der Waals surface area contributed by atoms with E-state index in [4.69, 9.17) is 5.26 Å². The van der Waals surface area contributed by atoms with Gasteiger partial charge in [0.05, 0.1) is 12.6 Å². The summed E-state index contributed by atoms with van der Waals surface area (Å²) >= 11 is 0. The lowest BCUT2D eigenvalue weighted by Crippen LogP contribution is -2.31. The number of nitriles is 1. The zero-order valence-corrected chi connectivity index (χ0v) is 12.1. The normalized spacial score (nSPS) is 10.3. The van der Waals surface area contributed by atoms with Crippen LogP contribution in [-0.2, 0) is 4.79 Å². The minimum Gasteiger partial charge on any atom is -0.324 e. The minimum absolute atomic E-state index is 0.0458. The molecule has 0 saturated carbocycles. The van der Waals surface area contributed by atoms with Crippen molar-refractivity contribution in [3.63, 3.8) is 0 Å². The van der Waals surface area contributed by atoms with E-state index in [2.05, 4.69) is 23.5 Å². The fourth-order valence-electron chi connectivity index (χ4n) is 2.12. The maximum Gasteiger partial charge on any atom is 0.238 e. The van der Waals surface area contributed by atoms with Gasteiger partial charge in [0.2, 0.25) is 5.91 Å². The van der Waals surface area contributed by atoms with E-state index in [-0.39, 0.29) is 5.91 Å². The molecule has 19 heavy (non-hydrogen) atoms. The second-order valence-electron chi connectivity index (χ2n) is 4.97. The molecule has 1 aromatic rings. The summed E-state index contributed by atoms with van der Waals surface area (Å²) in [5.74, 6) is -0.0458. The highest BCUT2D eigenvalue weighted by Gasteiger charge is 2.10. The van der Waals surface area contributed by atoms with E-state index in [1.165, 1.54) is 5.56 Å². The van der Waals surface area contributed by atoms with Crippen molar-refractivity contribution in [3.05, 3.63) is 28.8 Å². The van der Waals surface area contributed by atoms with E-state index in [0.29, 0.717) is 19.5 Å². The molecule has 0 aliphatic heterocycles. The van der Waals surface area contributed by atoms with Gasteiger partial charge in [0, 0.05) is 18.7 Å². The van der Waals surface area contributed by atoms with E-state index in [1.807, 2.05) is 32.7 Å². The highest BCUT2D eigenvalue weighted by Crippen LogP contribution is 2.21. The molecule has 0 atom stereocenters. The summed E-state index contributed by atoms with van der Waals surface area (Å²) in [6.07, 6.45) is 0.437. The molecule has 0 bridgehead atoms. The van der Waals surface area contributed by atoms with Gasteiger partial charge in [0.25, 0.3) is 0 Å². The molecule has 0 unspecified atom stereocenters. The first-order valence-corrected chi connectivity index (χ1v) is 6.37. The highest BCUT2D eigenvalue weighted by atomic mass is 16.2. The second-order valence-corrected chi connectivity index (χ2v) is 4.97. The molecular weight excluding hydrogens is 238 g/mol. The number of amides is 1. The van der Waals surface area contributed by atoms with E-state index in [9.17, 15) is 4.79 Å². The Morgan fingerprint density at radius 2 is 1.89 bits per heavy atom. The molecule has 0 aromatic heterocycles. The van der Waals surface area contributed by atoms with E-state index >= 15 is 0 Å². The van der Waals surface area contributed by atoms with Crippen LogP contribution in [0.25, 0.3) is 0 Å². The lowest BCUT2D eigenvalue weighted by molar-refractivity contribution is -0.117. The number of hydrogen-bond donors (Lipinski definition) is 1. The Kier molecular flexibility index (Phi) is 5.53. The van der Waals surface area contributed by atoms with E-state index in [0.717, 1.165) is 16.8 Å². The van der Waals surface area contributed by atoms with Crippen LogP contribution in [0, 0.1) is 32.1 Å². The summed E-state index contributed by atoms with van der Waals surface area (Å²) in [6.45, 7) is 6.94. The minimum atomic E-state index is -0.0458. The zero-order valence-electron chi connectivity index (χ0n) is 12.1. The van der Waals surface area contributed by atoms with Crippen LogP contribution < -0.4 is 5.32 Å². The van der Waals surface area contributed by atoms with Gasteiger partial charge in [-0.3, -0.25) is 9.69 Å². The number of anilines is 1. The lowest BCUT2D eigenvalue weighted by atomic mass is 10.1. The highest BCUT2D eigenvalue weighted by molar-refractivity contribution is 5.93. The van der Waals surface area contributed by atoms with Crippen LogP contribution in [0.15, 0.2) is 12.1 Å². The Morgan fingerprint density at radius 1 is 1.32 bits per heavy atom. The third-order valence-electron chi connectivity index (χ3n) is 2.96. The fraction of sp³-hybridized carbons (Fsp3) is 0.467. The van der Waals surface area contributed by atoms with Crippen LogP contribution in [0.1, 0.15) is 23.1 Å². The standard InChI is InChI=1S/C15H21N3O/c1-11-8-12(2)15(13(3)9-11)17-14(19)10-18(4)7-5-6-16/h8-9H,5,7,10H2,1-4H3,(H,17,19). The first-order chi connectivity index (χ1) is 8.93. The van der Waals surface area contributed by atoms with Crippen LogP contribution in [0.4, 0.5) is 5.69 Å². The molecule has 4 nitrogen and oxygen atoms in total. The number of nitrogens with one attached hydrogen (secondary N) is 1. The summed E-state index contributed by atoms with van der Waals surface area (Å²) < 4.78 is 0. The Hall–Kier alpha value is -1.86. The van der Waals surface area contributed by atoms with Crippen molar-refractivity contribution in [1.29, 1.82) is 5.26 Å². The molecule has 0 fully saturated rings. The molecule has 0 spiro atoms. The van der Waals surface area contributed by atoms with Crippen molar-refractivity contribution in [2.75, 3.05) is 25.5 Å². The predicted octanol–water partition coefficient (Wildman–Crippen LogP) is 2.40. The Balaban J connectivity index is 2.65. The van der Waals surface area contributed by atoms with Crippen molar-refractivity contribution >= 4 is 11.6 Å². The van der Waals surface area contributed by atoms with Gasteiger partial charge in [-0.15, -0.1) is 0 Å². The smallest absolute Gasteiger partial charge is 0.238 e. The number of carbonyl (C=O) groups excluding carboxylic acids is 1. The maximum atomic E-state index is 11.9. The van der Waals surface area contributed by atoms with E-state index in [1.54, 1.807) is 0 Å². The van der Waals surface area contributed by atoms with E-state index < -0.39 is 0 Å². The van der Waals surface area contributed by atoms with Crippen molar-refractivity contribution in [2.45, 2.75) is 27.2 Å². The summed E-state index contributed by atoms with van der Waals surface area (Å²) in [6, 6.07) is 6.19. The SMILES string of the molecule is Cc1cc(C)c(NC(=O)CN(C)CCC#N)c(C)c1. The third kappa shape index (κ3) is 4.72. The lowest BCUT2D eigenvalue weighted by Gasteiger charge is -2.17. The summed E-state index contributed by atoms with van der Waals surface area (Å²) in [5.41, 5.74) is 4.24. The van der Waals surface area contributed by atoms with Crippen LogP contribution >= 0.6 is 0 Å². The van der Waals surface area contributed by atoms with Crippen molar-refractivity contribution in [3.8, 4) is 6.07 Å². The first kappa shape index (κ1) is 15.2. The van der Waals surface area contributed by atoms with Crippen LogP contribution in [0.3, 0.4) is 0 Å². The molecule has 0 saturated heterocycles. The molecule has 102 valence electrons. The molecule has 1 amide bonds. The molecular formula is C15H21N3O. The Labute approximate surface area is 115 Å². The molecule has 1 N–H and O–H groups in total. The van der Waals surface area contributed by atoms with Gasteiger partial charge in [0.1, 0.15) is 0 Å². The topological polar surface area (TPSA) is 56.1 Å². The number of benzene rings is 1. The largest absolute Gasteiger partial charge is 0.324 e. The van der Waals surface area contributed by atoms with Gasteiger partial charge in [0.15, 0.2) is 0 Å². The van der Waals surface area contributed by atoms with Crippen LogP contribution in [0.2, 0.25) is 0 Å². The number of carbonyl (C=O) groups is 1.